The van der Waals surface area contributed by atoms with Gasteiger partial charge < -0.3 is 31.1 Å². The van der Waals surface area contributed by atoms with Crippen molar-refractivity contribution in [3.05, 3.63) is 12.2 Å². The van der Waals surface area contributed by atoms with E-state index in [1.54, 1.807) is 7.05 Å². The van der Waals surface area contributed by atoms with Crippen molar-refractivity contribution >= 4 is 5.96 Å². The molecule has 44 heavy (non-hydrogen) atoms. The first-order valence-corrected chi connectivity index (χ1v) is 18.3. The second-order valence-corrected chi connectivity index (χ2v) is 17.1. The van der Waals surface area contributed by atoms with Crippen LogP contribution in [0, 0.1) is 46.3 Å². The summed E-state index contributed by atoms with van der Waals surface area (Å²) in [6, 6.07) is 0. The molecule has 0 aromatic heterocycles. The number of nitrogens with zero attached hydrogens (tertiary/aromatic N) is 1. The fourth-order valence-corrected chi connectivity index (χ4v) is 11.8. The van der Waals surface area contributed by atoms with Crippen LogP contribution in [0.15, 0.2) is 17.1 Å². The summed E-state index contributed by atoms with van der Waals surface area (Å²) in [5, 5.41) is 34.3. The molecule has 0 amide bonds. The van der Waals surface area contributed by atoms with E-state index < -0.39 is 5.60 Å². The summed E-state index contributed by atoms with van der Waals surface area (Å²) in [6.45, 7) is 11.0. The number of nitrogens with two attached hydrogens (primary N) is 1. The maximum absolute atomic E-state index is 11.2. The van der Waals surface area contributed by atoms with Crippen molar-refractivity contribution in [2.45, 2.75) is 146 Å². The summed E-state index contributed by atoms with van der Waals surface area (Å²) in [5.74, 6) is 4.35. The molecule has 5 saturated carbocycles. The minimum Gasteiger partial charge on any atom is -0.396 e. The minimum absolute atomic E-state index is 0.00491. The summed E-state index contributed by atoms with van der Waals surface area (Å²) in [6.07, 6.45) is 17.9. The van der Waals surface area contributed by atoms with Crippen molar-refractivity contribution in [3.63, 3.8) is 0 Å². The quantitative estimate of drug-likeness (QED) is 0.0983. The smallest absolute Gasteiger partial charge is 0.188 e. The molecule has 7 nitrogen and oxygen atoms in total. The molecule has 0 radical (unpaired) electrons. The monoisotopic (exact) mass is 613 g/mol. The Morgan fingerprint density at radius 2 is 1.86 bits per heavy atom. The third kappa shape index (κ3) is 6.25. The molecule has 1 spiro atoms. The third-order valence-corrected chi connectivity index (χ3v) is 14.3. The number of aliphatic imine (C=N–C) groups is 1. The van der Waals surface area contributed by atoms with Gasteiger partial charge in [-0.3, -0.25) is 4.99 Å². The minimum atomic E-state index is -0.674. The third-order valence-electron chi connectivity index (χ3n) is 14.3. The van der Waals surface area contributed by atoms with E-state index in [2.05, 4.69) is 24.2 Å². The van der Waals surface area contributed by atoms with Gasteiger partial charge in [-0.05, 0) is 151 Å². The molecule has 12 atom stereocenters. The van der Waals surface area contributed by atoms with E-state index in [0.717, 1.165) is 64.3 Å². The van der Waals surface area contributed by atoms with Crippen LogP contribution in [-0.4, -0.2) is 64.9 Å². The Morgan fingerprint density at radius 1 is 1.07 bits per heavy atom. The predicted molar refractivity (Wildman–Crippen MR) is 176 cm³/mol. The van der Waals surface area contributed by atoms with Gasteiger partial charge in [0.1, 0.15) is 0 Å². The van der Waals surface area contributed by atoms with Crippen LogP contribution >= 0.6 is 0 Å². The van der Waals surface area contributed by atoms with Gasteiger partial charge in [0.05, 0.1) is 23.4 Å². The lowest BCUT2D eigenvalue weighted by Gasteiger charge is -2.58. The number of hydrogen-bond acceptors (Lipinski definition) is 5. The number of rotatable bonds is 9. The average molecular weight is 614 g/mol. The number of ether oxygens (including phenoxy) is 1. The molecule has 12 unspecified atom stereocenters. The highest BCUT2D eigenvalue weighted by Crippen LogP contribution is 2.69. The van der Waals surface area contributed by atoms with Gasteiger partial charge in [-0.15, -0.1) is 0 Å². The van der Waals surface area contributed by atoms with Crippen LogP contribution in [0.1, 0.15) is 123 Å². The maximum atomic E-state index is 11.2. The van der Waals surface area contributed by atoms with E-state index in [9.17, 15) is 15.3 Å². The molecule has 6 N–H and O–H groups in total. The number of fused-ring (bicyclic) bond motifs is 3. The lowest BCUT2D eigenvalue weighted by molar-refractivity contribution is -0.0702. The summed E-state index contributed by atoms with van der Waals surface area (Å²) in [7, 11) is 1.74. The fourth-order valence-electron chi connectivity index (χ4n) is 11.8. The van der Waals surface area contributed by atoms with Crippen LogP contribution in [0.25, 0.3) is 0 Å². The van der Waals surface area contributed by atoms with Gasteiger partial charge in [-0.25, -0.2) is 0 Å². The second-order valence-electron chi connectivity index (χ2n) is 17.1. The Morgan fingerprint density at radius 3 is 2.61 bits per heavy atom. The number of nitrogens with one attached hydrogen (secondary N) is 1. The molecule has 5 aliphatic carbocycles. The van der Waals surface area contributed by atoms with E-state index in [-0.39, 0.29) is 23.7 Å². The van der Waals surface area contributed by atoms with Crippen LogP contribution in [0.3, 0.4) is 0 Å². The molecule has 6 fully saturated rings. The van der Waals surface area contributed by atoms with Gasteiger partial charge in [0.2, 0.25) is 0 Å². The number of aliphatic hydroxyl groups excluding tert-OH is 2. The van der Waals surface area contributed by atoms with E-state index in [1.807, 2.05) is 0 Å². The molecular formula is C37H63N3O4. The molecule has 6 aliphatic rings. The maximum Gasteiger partial charge on any atom is 0.188 e. The topological polar surface area (TPSA) is 124 Å². The Labute approximate surface area is 266 Å². The van der Waals surface area contributed by atoms with E-state index in [0.29, 0.717) is 59.4 Å². The highest BCUT2D eigenvalue weighted by atomic mass is 16.6. The number of guanidine groups is 1. The van der Waals surface area contributed by atoms with Crippen molar-refractivity contribution in [2.24, 2.45) is 57.1 Å². The Bertz CT molecular complexity index is 1080. The van der Waals surface area contributed by atoms with Gasteiger partial charge in [0, 0.05) is 32.0 Å². The zero-order valence-electron chi connectivity index (χ0n) is 28.0. The molecule has 1 saturated heterocycles. The van der Waals surface area contributed by atoms with Crippen LogP contribution in [0.2, 0.25) is 0 Å². The normalized spacial score (nSPS) is 49.0. The summed E-state index contributed by atoms with van der Waals surface area (Å²) >= 11 is 0. The first-order valence-electron chi connectivity index (χ1n) is 18.3. The van der Waals surface area contributed by atoms with E-state index >= 15 is 0 Å². The molecular weight excluding hydrogens is 550 g/mol. The predicted octanol–water partition coefficient (Wildman–Crippen LogP) is 5.71. The van der Waals surface area contributed by atoms with Crippen LogP contribution in [-0.2, 0) is 4.74 Å². The zero-order valence-corrected chi connectivity index (χ0v) is 28.0. The number of hydrogen-bond donors (Lipinski definition) is 5. The van der Waals surface area contributed by atoms with Crippen LogP contribution < -0.4 is 11.1 Å². The number of allylic oxidation sites excluding steroid dienone is 1. The second kappa shape index (κ2) is 12.5. The van der Waals surface area contributed by atoms with Gasteiger partial charge in [0.15, 0.2) is 5.96 Å². The highest BCUT2D eigenvalue weighted by molar-refractivity contribution is 5.77. The van der Waals surface area contributed by atoms with Gasteiger partial charge in [-0.2, -0.15) is 0 Å². The van der Waals surface area contributed by atoms with Gasteiger partial charge in [0.25, 0.3) is 0 Å². The Hall–Kier alpha value is -1.15. The van der Waals surface area contributed by atoms with Crippen LogP contribution in [0.5, 0.6) is 0 Å². The largest absolute Gasteiger partial charge is 0.396 e. The van der Waals surface area contributed by atoms with Crippen LogP contribution in [0.4, 0.5) is 0 Å². The first kappa shape index (κ1) is 32.8. The van der Waals surface area contributed by atoms with Gasteiger partial charge in [-0.1, -0.05) is 19.1 Å². The fraction of sp³-hybridized carbons (Fsp3) is 0.919. The highest BCUT2D eigenvalue weighted by Gasteiger charge is 2.67. The summed E-state index contributed by atoms with van der Waals surface area (Å²) in [4.78, 5) is 4.11. The lowest BCUT2D eigenvalue weighted by atomic mass is 9.46. The van der Waals surface area contributed by atoms with Crippen molar-refractivity contribution < 1.29 is 20.1 Å². The van der Waals surface area contributed by atoms with E-state index in [4.69, 9.17) is 17.0 Å². The number of aliphatic hydroxyl groups is 3. The molecule has 0 bridgehead atoms. The lowest BCUT2D eigenvalue weighted by Crippen LogP contribution is -2.51. The summed E-state index contributed by atoms with van der Waals surface area (Å²) < 4.78 is 6.71. The first-order chi connectivity index (χ1) is 20.9. The molecule has 0 aromatic carbocycles. The standard InChI is InChI=1S/C37H63N3O4/c1-24-19-36(14-9-25(20-36)10-15-37(43)12-5-8-29(42)21-37)32-35(3,44-32)13-11-31-30(24)22-34(31,2)28-17-26(7-6-16-41)27(18-28)23-40-33(38)39-4/h25-32,41-43H,1,5-23H2,2-4H3,(H3,38,39,40). The van der Waals surface area contributed by atoms with E-state index in [1.165, 1.54) is 50.5 Å². The summed E-state index contributed by atoms with van der Waals surface area (Å²) in [5.41, 5.74) is 7.35. The molecule has 250 valence electrons. The van der Waals surface area contributed by atoms with Gasteiger partial charge >= 0.3 is 0 Å². The Balaban J connectivity index is 1.12. The number of epoxide rings is 1. The molecule has 6 rings (SSSR count). The van der Waals surface area contributed by atoms with Crippen molar-refractivity contribution in [1.29, 1.82) is 0 Å². The zero-order chi connectivity index (χ0) is 31.3. The molecule has 1 heterocycles. The molecule has 1 aliphatic heterocycles. The average Bonchev–Trinajstić information content (AvgIpc) is 3.28. The molecule has 0 aromatic rings. The van der Waals surface area contributed by atoms with Crippen molar-refractivity contribution in [1.82, 2.24) is 5.32 Å². The van der Waals surface area contributed by atoms with Crippen molar-refractivity contribution in [2.75, 3.05) is 20.2 Å². The SMILES string of the molecule is C=C1CC2(CCC(CCC3(O)CCCC(O)C3)C2)C2OC2(C)CCC2C1CC2(C)C1CC(CCCO)C(CNC(N)=NC)C1. The van der Waals surface area contributed by atoms with Crippen molar-refractivity contribution in [3.8, 4) is 0 Å². The Kier molecular flexibility index (Phi) is 9.29. The molecule has 7 heteroatoms.